The van der Waals surface area contributed by atoms with Crippen LogP contribution in [0.4, 0.5) is 4.79 Å². The summed E-state index contributed by atoms with van der Waals surface area (Å²) in [6.45, 7) is 3.78. The van der Waals surface area contributed by atoms with Crippen molar-refractivity contribution in [2.45, 2.75) is 51.9 Å². The van der Waals surface area contributed by atoms with Gasteiger partial charge in [-0.15, -0.1) is 0 Å². The highest BCUT2D eigenvalue weighted by Crippen LogP contribution is 2.48. The molecular weight excluding hydrogens is 425 g/mol. The molecule has 0 aliphatic carbocycles. The first-order chi connectivity index (χ1) is 14.7. The van der Waals surface area contributed by atoms with Gasteiger partial charge in [0.25, 0.3) is 0 Å². The number of amides is 1. The number of ether oxygens (including phenoxy) is 3. The molecule has 0 spiro atoms. The average molecular weight is 457 g/mol. The van der Waals surface area contributed by atoms with E-state index in [4.69, 9.17) is 9.47 Å². The number of hydrogen-bond acceptors (Lipinski definition) is 7. The highest BCUT2D eigenvalue weighted by Gasteiger charge is 2.38. The van der Waals surface area contributed by atoms with Gasteiger partial charge in [0.1, 0.15) is 12.4 Å². The smallest absolute Gasteiger partial charge is 0.408 e. The standard InChI is InChI=1S/C21H32NO8P/c1-4-6-12-29-19(23)13-17(20(24)28-3)15-31(26,27)18(5-2)22-21(25)30-14-16-10-8-7-9-11-16/h7-11,17-18H,4-6,12-15H2,1-3H3,(H,22,25)(H,26,27). The summed E-state index contributed by atoms with van der Waals surface area (Å²) >= 11 is 0. The second kappa shape index (κ2) is 13.8. The van der Waals surface area contributed by atoms with Crippen LogP contribution in [0.3, 0.4) is 0 Å². The number of nitrogens with one attached hydrogen (secondary N) is 1. The lowest BCUT2D eigenvalue weighted by Gasteiger charge is -2.25. The van der Waals surface area contributed by atoms with Crippen LogP contribution in [0.25, 0.3) is 0 Å². The van der Waals surface area contributed by atoms with Gasteiger partial charge < -0.3 is 24.4 Å². The van der Waals surface area contributed by atoms with Crippen LogP contribution in [0.2, 0.25) is 0 Å². The molecule has 9 nitrogen and oxygen atoms in total. The molecule has 0 saturated heterocycles. The Hall–Kier alpha value is -2.38. The monoisotopic (exact) mass is 457 g/mol. The van der Waals surface area contributed by atoms with Crippen molar-refractivity contribution in [3.8, 4) is 0 Å². The minimum atomic E-state index is -4.08. The van der Waals surface area contributed by atoms with Gasteiger partial charge in [0.05, 0.1) is 26.1 Å². The first-order valence-electron chi connectivity index (χ1n) is 10.3. The Balaban J connectivity index is 2.72. The highest BCUT2D eigenvalue weighted by molar-refractivity contribution is 7.58. The summed E-state index contributed by atoms with van der Waals surface area (Å²) < 4.78 is 27.8. The van der Waals surface area contributed by atoms with Crippen LogP contribution >= 0.6 is 7.37 Å². The number of carbonyl (C=O) groups is 3. The summed E-state index contributed by atoms with van der Waals surface area (Å²) in [6, 6.07) is 8.99. The summed E-state index contributed by atoms with van der Waals surface area (Å²) in [7, 11) is -2.95. The third kappa shape index (κ3) is 9.98. The van der Waals surface area contributed by atoms with Crippen molar-refractivity contribution in [2.75, 3.05) is 19.9 Å². The Morgan fingerprint density at radius 3 is 2.39 bits per heavy atom. The molecule has 0 aliphatic rings. The van der Waals surface area contributed by atoms with Gasteiger partial charge in [0.2, 0.25) is 7.37 Å². The molecule has 0 heterocycles. The molecule has 1 aromatic rings. The number of hydrogen-bond donors (Lipinski definition) is 2. The SMILES string of the molecule is CCCCOC(=O)CC(CP(=O)(O)C(CC)NC(=O)OCc1ccccc1)C(=O)OC. The van der Waals surface area contributed by atoms with Crippen molar-refractivity contribution < 1.29 is 38.1 Å². The van der Waals surface area contributed by atoms with Gasteiger partial charge >= 0.3 is 18.0 Å². The summed E-state index contributed by atoms with van der Waals surface area (Å²) in [4.78, 5) is 46.7. The van der Waals surface area contributed by atoms with E-state index in [2.05, 4.69) is 10.1 Å². The van der Waals surface area contributed by atoms with Crippen molar-refractivity contribution in [1.82, 2.24) is 5.32 Å². The quantitative estimate of drug-likeness (QED) is 0.200. The predicted molar refractivity (Wildman–Crippen MR) is 115 cm³/mol. The van der Waals surface area contributed by atoms with Gasteiger partial charge in [-0.3, -0.25) is 14.2 Å². The van der Waals surface area contributed by atoms with E-state index in [1.54, 1.807) is 31.2 Å². The molecule has 1 rings (SSSR count). The fourth-order valence-electron chi connectivity index (χ4n) is 2.81. The molecule has 31 heavy (non-hydrogen) atoms. The van der Waals surface area contributed by atoms with E-state index in [-0.39, 0.29) is 26.1 Å². The number of carbonyl (C=O) groups excluding carboxylic acids is 3. The van der Waals surface area contributed by atoms with Crippen molar-refractivity contribution in [2.24, 2.45) is 5.92 Å². The molecule has 2 N–H and O–H groups in total. The van der Waals surface area contributed by atoms with Crippen LogP contribution in [0.5, 0.6) is 0 Å². The van der Waals surface area contributed by atoms with Crippen LogP contribution in [0, 0.1) is 5.92 Å². The van der Waals surface area contributed by atoms with Crippen molar-refractivity contribution in [3.63, 3.8) is 0 Å². The van der Waals surface area contributed by atoms with Crippen LogP contribution in [-0.2, 0) is 35.0 Å². The van der Waals surface area contributed by atoms with Crippen LogP contribution in [0.1, 0.15) is 45.1 Å². The van der Waals surface area contributed by atoms with Crippen LogP contribution in [-0.4, -0.2) is 48.6 Å². The van der Waals surface area contributed by atoms with E-state index in [0.717, 1.165) is 19.1 Å². The fraction of sp³-hybridized carbons (Fsp3) is 0.571. The molecule has 1 amide bonds. The third-order valence-corrected chi connectivity index (χ3v) is 6.99. The number of benzene rings is 1. The van der Waals surface area contributed by atoms with Crippen molar-refractivity contribution >= 4 is 25.4 Å². The molecule has 174 valence electrons. The Bertz CT molecular complexity index is 755. The molecule has 0 aromatic heterocycles. The normalized spacial score (nSPS) is 14.6. The van der Waals surface area contributed by atoms with Gasteiger partial charge in [-0.05, 0) is 18.4 Å². The molecule has 0 radical (unpaired) electrons. The molecule has 0 aliphatic heterocycles. The van der Waals surface area contributed by atoms with Crippen LogP contribution in [0.15, 0.2) is 30.3 Å². The molecular formula is C21H32NO8P. The van der Waals surface area contributed by atoms with Gasteiger partial charge in [-0.25, -0.2) is 4.79 Å². The van der Waals surface area contributed by atoms with E-state index in [0.29, 0.717) is 6.42 Å². The lowest BCUT2D eigenvalue weighted by molar-refractivity contribution is -0.152. The highest BCUT2D eigenvalue weighted by atomic mass is 31.2. The summed E-state index contributed by atoms with van der Waals surface area (Å²) in [5.41, 5.74) is 0.769. The predicted octanol–water partition coefficient (Wildman–Crippen LogP) is 3.44. The first-order valence-corrected chi connectivity index (χ1v) is 12.2. The Kier molecular flexibility index (Phi) is 11.9. The number of esters is 2. The Morgan fingerprint density at radius 1 is 1.13 bits per heavy atom. The number of alkyl carbamates (subject to hydrolysis) is 1. The average Bonchev–Trinajstić information content (AvgIpc) is 2.75. The van der Waals surface area contributed by atoms with Gasteiger partial charge in [0, 0.05) is 6.16 Å². The Morgan fingerprint density at radius 2 is 1.81 bits per heavy atom. The summed E-state index contributed by atoms with van der Waals surface area (Å²) in [5, 5.41) is 2.39. The van der Waals surface area contributed by atoms with E-state index < -0.39 is 43.3 Å². The zero-order chi connectivity index (χ0) is 23.3. The van der Waals surface area contributed by atoms with Crippen molar-refractivity contribution in [3.05, 3.63) is 35.9 Å². The molecule has 0 fully saturated rings. The topological polar surface area (TPSA) is 128 Å². The summed E-state index contributed by atoms with van der Waals surface area (Å²) in [6.07, 6.45) is -0.110. The molecule has 0 bridgehead atoms. The van der Waals surface area contributed by atoms with Gasteiger partial charge in [-0.2, -0.15) is 0 Å². The lowest BCUT2D eigenvalue weighted by atomic mass is 10.1. The second-order valence-electron chi connectivity index (χ2n) is 7.07. The third-order valence-electron chi connectivity index (χ3n) is 4.56. The van der Waals surface area contributed by atoms with E-state index in [1.165, 1.54) is 0 Å². The largest absolute Gasteiger partial charge is 0.469 e. The molecule has 0 saturated carbocycles. The van der Waals surface area contributed by atoms with Crippen LogP contribution < -0.4 is 5.32 Å². The number of methoxy groups -OCH3 is 1. The van der Waals surface area contributed by atoms with E-state index in [9.17, 15) is 23.8 Å². The molecule has 10 heteroatoms. The maximum Gasteiger partial charge on any atom is 0.408 e. The zero-order valence-corrected chi connectivity index (χ0v) is 19.1. The Labute approximate surface area is 182 Å². The minimum absolute atomic E-state index is 0.00717. The molecule has 3 atom stereocenters. The first kappa shape index (κ1) is 26.7. The summed E-state index contributed by atoms with van der Waals surface area (Å²) in [5.74, 6) is -3.74. The van der Waals surface area contributed by atoms with Gasteiger partial charge in [0.15, 0.2) is 0 Å². The zero-order valence-electron chi connectivity index (χ0n) is 18.2. The minimum Gasteiger partial charge on any atom is -0.469 e. The van der Waals surface area contributed by atoms with E-state index in [1.807, 2.05) is 13.0 Å². The molecule has 3 unspecified atom stereocenters. The maximum absolute atomic E-state index is 13.0. The molecule has 1 aromatic carbocycles. The number of rotatable bonds is 13. The fourth-order valence-corrected chi connectivity index (χ4v) is 4.85. The maximum atomic E-state index is 13.0. The van der Waals surface area contributed by atoms with Crippen molar-refractivity contribution in [1.29, 1.82) is 0 Å². The second-order valence-corrected chi connectivity index (χ2v) is 9.57. The lowest BCUT2D eigenvalue weighted by Crippen LogP contribution is -2.37. The number of unbranched alkanes of at least 4 members (excludes halogenated alkanes) is 1. The van der Waals surface area contributed by atoms with E-state index >= 15 is 0 Å². The van der Waals surface area contributed by atoms with Gasteiger partial charge in [-0.1, -0.05) is 50.6 Å².